The van der Waals surface area contributed by atoms with E-state index in [1.807, 2.05) is 6.92 Å². The number of rotatable bonds is 2. The summed E-state index contributed by atoms with van der Waals surface area (Å²) in [5, 5.41) is 15.3. The average molecular weight is 329 g/mol. The SMILES string of the molecule is Cc1cc2c(cc1/C=C/C(=O)O)Nc1cc(Cl)ccc1C(=O)N2. The zero-order valence-corrected chi connectivity index (χ0v) is 12.9. The first kappa shape index (κ1) is 15.1. The molecule has 23 heavy (non-hydrogen) atoms. The quantitative estimate of drug-likeness (QED) is 0.726. The number of carboxylic acid groups (broad SMARTS) is 1. The van der Waals surface area contributed by atoms with Crippen LogP contribution in [0.25, 0.3) is 6.08 Å². The lowest BCUT2D eigenvalue weighted by atomic mass is 10.1. The van der Waals surface area contributed by atoms with E-state index in [0.717, 1.165) is 17.2 Å². The summed E-state index contributed by atoms with van der Waals surface area (Å²) in [4.78, 5) is 23.0. The van der Waals surface area contributed by atoms with E-state index in [0.29, 0.717) is 27.6 Å². The van der Waals surface area contributed by atoms with Gasteiger partial charge in [0.05, 0.1) is 22.6 Å². The maximum atomic E-state index is 12.3. The van der Waals surface area contributed by atoms with Gasteiger partial charge < -0.3 is 15.7 Å². The zero-order chi connectivity index (χ0) is 16.6. The third kappa shape index (κ3) is 3.05. The summed E-state index contributed by atoms with van der Waals surface area (Å²) in [7, 11) is 0. The second-order valence-corrected chi connectivity index (χ2v) is 5.63. The Balaban J connectivity index is 2.10. The first-order valence-corrected chi connectivity index (χ1v) is 7.25. The molecule has 0 bridgehead atoms. The summed E-state index contributed by atoms with van der Waals surface area (Å²) in [5.74, 6) is -1.24. The molecule has 3 rings (SSSR count). The molecule has 3 N–H and O–H groups in total. The van der Waals surface area contributed by atoms with Crippen LogP contribution >= 0.6 is 11.6 Å². The number of carboxylic acids is 1. The van der Waals surface area contributed by atoms with Crippen molar-refractivity contribution in [3.05, 3.63) is 58.1 Å². The van der Waals surface area contributed by atoms with Crippen molar-refractivity contribution in [1.82, 2.24) is 0 Å². The van der Waals surface area contributed by atoms with Crippen LogP contribution in [-0.2, 0) is 4.79 Å². The normalized spacial score (nSPS) is 12.9. The van der Waals surface area contributed by atoms with Crippen molar-refractivity contribution in [3.63, 3.8) is 0 Å². The lowest BCUT2D eigenvalue weighted by Gasteiger charge is -2.12. The molecule has 1 amide bonds. The molecule has 0 unspecified atom stereocenters. The highest BCUT2D eigenvalue weighted by Crippen LogP contribution is 2.35. The third-order valence-electron chi connectivity index (χ3n) is 3.56. The van der Waals surface area contributed by atoms with Gasteiger partial charge in [-0.1, -0.05) is 11.6 Å². The van der Waals surface area contributed by atoms with Gasteiger partial charge in [0.2, 0.25) is 0 Å². The van der Waals surface area contributed by atoms with Crippen LogP contribution in [0, 0.1) is 6.92 Å². The first-order chi connectivity index (χ1) is 10.9. The minimum atomic E-state index is -1.02. The molecule has 2 aromatic carbocycles. The van der Waals surface area contributed by atoms with Crippen LogP contribution in [0.1, 0.15) is 21.5 Å². The Morgan fingerprint density at radius 3 is 2.61 bits per heavy atom. The second-order valence-electron chi connectivity index (χ2n) is 5.19. The molecule has 1 heterocycles. The van der Waals surface area contributed by atoms with Gasteiger partial charge >= 0.3 is 5.97 Å². The maximum absolute atomic E-state index is 12.3. The first-order valence-electron chi connectivity index (χ1n) is 6.87. The zero-order valence-electron chi connectivity index (χ0n) is 12.2. The fourth-order valence-electron chi connectivity index (χ4n) is 2.42. The van der Waals surface area contributed by atoms with Crippen LogP contribution in [0.4, 0.5) is 17.1 Å². The van der Waals surface area contributed by atoms with Gasteiger partial charge in [-0.15, -0.1) is 0 Å². The number of carbonyl (C=O) groups excluding carboxylic acids is 1. The number of fused-ring (bicyclic) bond motifs is 2. The molecule has 6 heteroatoms. The number of aliphatic carboxylic acids is 1. The van der Waals surface area contributed by atoms with Crippen molar-refractivity contribution >= 4 is 46.6 Å². The Hall–Kier alpha value is -2.79. The van der Waals surface area contributed by atoms with E-state index in [9.17, 15) is 9.59 Å². The van der Waals surface area contributed by atoms with Crippen molar-refractivity contribution < 1.29 is 14.7 Å². The molecule has 0 saturated heterocycles. The van der Waals surface area contributed by atoms with Gasteiger partial charge in [-0.2, -0.15) is 0 Å². The largest absolute Gasteiger partial charge is 0.478 e. The summed E-state index contributed by atoms with van der Waals surface area (Å²) in [6.45, 7) is 1.85. The minimum Gasteiger partial charge on any atom is -0.478 e. The molecule has 2 aromatic rings. The van der Waals surface area contributed by atoms with Gasteiger partial charge in [0.1, 0.15) is 0 Å². The topological polar surface area (TPSA) is 78.4 Å². The van der Waals surface area contributed by atoms with Crippen molar-refractivity contribution in [3.8, 4) is 0 Å². The Morgan fingerprint density at radius 2 is 1.87 bits per heavy atom. The van der Waals surface area contributed by atoms with Gasteiger partial charge in [-0.05, 0) is 54.5 Å². The smallest absolute Gasteiger partial charge is 0.328 e. The van der Waals surface area contributed by atoms with Gasteiger partial charge in [-0.25, -0.2) is 4.79 Å². The molecule has 0 fully saturated rings. The summed E-state index contributed by atoms with van der Waals surface area (Å²) in [5.41, 5.74) is 4.00. The standard InChI is InChI=1S/C17H13ClN2O3/c1-9-6-14-15(7-10(9)2-5-16(21)22)19-13-8-11(18)3-4-12(13)17(23)20-14/h2-8,19H,1H3,(H,20,23)(H,21,22)/b5-2+. The molecule has 0 radical (unpaired) electrons. The fraction of sp³-hybridized carbons (Fsp3) is 0.0588. The van der Waals surface area contributed by atoms with Gasteiger partial charge in [-0.3, -0.25) is 4.79 Å². The molecule has 5 nitrogen and oxygen atoms in total. The summed E-state index contributed by atoms with van der Waals surface area (Å²) in [6, 6.07) is 8.59. The molecular weight excluding hydrogens is 316 g/mol. The monoisotopic (exact) mass is 328 g/mol. The number of aryl methyl sites for hydroxylation is 1. The molecule has 1 aliphatic rings. The van der Waals surface area contributed by atoms with E-state index in [1.54, 1.807) is 30.3 Å². The number of halogens is 1. The number of hydrogen-bond donors (Lipinski definition) is 3. The van der Waals surface area contributed by atoms with Gasteiger partial charge in [0.25, 0.3) is 5.91 Å². The van der Waals surface area contributed by atoms with E-state index in [-0.39, 0.29) is 5.91 Å². The lowest BCUT2D eigenvalue weighted by Crippen LogP contribution is -2.10. The Labute approximate surface area is 137 Å². The van der Waals surface area contributed by atoms with Crippen LogP contribution < -0.4 is 10.6 Å². The van der Waals surface area contributed by atoms with Crippen LogP contribution in [0.2, 0.25) is 5.02 Å². The number of nitrogens with one attached hydrogen (secondary N) is 2. The summed E-state index contributed by atoms with van der Waals surface area (Å²) in [6.07, 6.45) is 2.60. The molecule has 0 atom stereocenters. The number of anilines is 3. The van der Waals surface area contributed by atoms with Crippen LogP contribution in [0.5, 0.6) is 0 Å². The maximum Gasteiger partial charge on any atom is 0.328 e. The van der Waals surface area contributed by atoms with Crippen LogP contribution in [0.3, 0.4) is 0 Å². The Kier molecular flexibility index (Phi) is 3.80. The minimum absolute atomic E-state index is 0.226. The molecule has 0 spiro atoms. The van der Waals surface area contributed by atoms with Crippen molar-refractivity contribution in [1.29, 1.82) is 0 Å². The van der Waals surface area contributed by atoms with Crippen molar-refractivity contribution in [2.75, 3.05) is 10.6 Å². The molecule has 0 saturated carbocycles. The molecular formula is C17H13ClN2O3. The van der Waals surface area contributed by atoms with E-state index < -0.39 is 5.97 Å². The van der Waals surface area contributed by atoms with Crippen LogP contribution in [0.15, 0.2) is 36.4 Å². The highest BCUT2D eigenvalue weighted by atomic mass is 35.5. The highest BCUT2D eigenvalue weighted by molar-refractivity contribution is 6.31. The van der Waals surface area contributed by atoms with E-state index in [4.69, 9.17) is 16.7 Å². The average Bonchev–Trinajstić information content (AvgIpc) is 2.60. The van der Waals surface area contributed by atoms with Crippen LogP contribution in [-0.4, -0.2) is 17.0 Å². The lowest BCUT2D eigenvalue weighted by molar-refractivity contribution is -0.131. The number of amides is 1. The van der Waals surface area contributed by atoms with E-state index in [1.165, 1.54) is 6.08 Å². The number of benzene rings is 2. The third-order valence-corrected chi connectivity index (χ3v) is 3.79. The Bertz CT molecular complexity index is 859. The van der Waals surface area contributed by atoms with E-state index in [2.05, 4.69) is 10.6 Å². The molecule has 116 valence electrons. The number of carbonyl (C=O) groups is 2. The summed E-state index contributed by atoms with van der Waals surface area (Å²) >= 11 is 6.00. The second kappa shape index (κ2) is 5.78. The van der Waals surface area contributed by atoms with Gasteiger partial charge in [0, 0.05) is 11.1 Å². The van der Waals surface area contributed by atoms with Crippen molar-refractivity contribution in [2.45, 2.75) is 6.92 Å². The molecule has 0 aromatic heterocycles. The van der Waals surface area contributed by atoms with Gasteiger partial charge in [0.15, 0.2) is 0 Å². The fourth-order valence-corrected chi connectivity index (χ4v) is 2.60. The summed E-state index contributed by atoms with van der Waals surface area (Å²) < 4.78 is 0. The number of hydrogen-bond acceptors (Lipinski definition) is 3. The van der Waals surface area contributed by atoms with Crippen molar-refractivity contribution in [2.24, 2.45) is 0 Å². The highest BCUT2D eigenvalue weighted by Gasteiger charge is 2.19. The van der Waals surface area contributed by atoms with E-state index >= 15 is 0 Å². The Morgan fingerprint density at radius 1 is 1.13 bits per heavy atom. The molecule has 1 aliphatic heterocycles. The predicted molar refractivity (Wildman–Crippen MR) is 90.5 cm³/mol. The molecule has 0 aliphatic carbocycles. The predicted octanol–water partition coefficient (Wildman–Crippen LogP) is 4.06.